The van der Waals surface area contributed by atoms with Gasteiger partial charge in [-0.05, 0) is 66.9 Å². The van der Waals surface area contributed by atoms with Crippen molar-refractivity contribution in [2.75, 3.05) is 0 Å². The second-order valence-corrected chi connectivity index (χ2v) is 8.48. The predicted octanol–water partition coefficient (Wildman–Crippen LogP) is 7.98. The average Bonchev–Trinajstić information content (AvgIpc) is 2.70. The Morgan fingerprint density at radius 2 is 1.88 bits per heavy atom. The van der Waals surface area contributed by atoms with Crippen molar-refractivity contribution in [3.8, 4) is 0 Å². The maximum Gasteiger partial charge on any atom is -0.00520 e. The molecule has 0 saturated heterocycles. The lowest BCUT2D eigenvalue weighted by molar-refractivity contribution is 0.129. The van der Waals surface area contributed by atoms with Gasteiger partial charge in [0.2, 0.25) is 0 Å². The highest BCUT2D eigenvalue weighted by atomic mass is 14.4. The van der Waals surface area contributed by atoms with Gasteiger partial charge in [0.1, 0.15) is 0 Å². The van der Waals surface area contributed by atoms with E-state index in [0.29, 0.717) is 5.41 Å². The minimum atomic E-state index is 0.416. The van der Waals surface area contributed by atoms with E-state index in [4.69, 9.17) is 0 Å². The number of allylic oxidation sites excluding steroid dienone is 5. The summed E-state index contributed by atoms with van der Waals surface area (Å²) in [7, 11) is 0. The lowest BCUT2D eigenvalue weighted by atomic mass is 9.61. The van der Waals surface area contributed by atoms with Gasteiger partial charge in [0, 0.05) is 0 Å². The number of hydrogen-bond acceptors (Lipinski definition) is 0. The van der Waals surface area contributed by atoms with Gasteiger partial charge in [-0.2, -0.15) is 0 Å². The summed E-state index contributed by atoms with van der Waals surface area (Å²) in [5.74, 6) is 1.84. The van der Waals surface area contributed by atoms with E-state index in [1.165, 1.54) is 75.3 Å². The second kappa shape index (κ2) is 9.40. The van der Waals surface area contributed by atoms with Gasteiger partial charge < -0.3 is 0 Å². The van der Waals surface area contributed by atoms with Gasteiger partial charge in [0.25, 0.3) is 0 Å². The van der Waals surface area contributed by atoms with Gasteiger partial charge >= 0.3 is 0 Å². The Balaban J connectivity index is 1.62. The largest absolute Gasteiger partial charge is 0.103 e. The standard InChI is InChI=1S/C26H36/c1-3-5-7-10-22-13-15-25(16-14-22)26(19-4-2)20-17-24(18-21-26)23-11-8-6-9-12-23/h3,6,8-9,11-12,17-18,20,22,25H,1,4-5,7,10,13-16,19,21H2,2H3/t22-,25-,26?. The minimum absolute atomic E-state index is 0.416. The highest BCUT2D eigenvalue weighted by Crippen LogP contribution is 2.49. The van der Waals surface area contributed by atoms with Crippen LogP contribution in [0, 0.1) is 17.3 Å². The van der Waals surface area contributed by atoms with Crippen molar-refractivity contribution in [2.24, 2.45) is 17.3 Å². The highest BCUT2D eigenvalue weighted by Gasteiger charge is 2.38. The first kappa shape index (κ1) is 19.2. The van der Waals surface area contributed by atoms with E-state index >= 15 is 0 Å². The summed E-state index contributed by atoms with van der Waals surface area (Å²) in [5, 5.41) is 0. The first-order valence-electron chi connectivity index (χ1n) is 10.8. The van der Waals surface area contributed by atoms with Crippen LogP contribution in [0.5, 0.6) is 0 Å². The molecule has 0 spiro atoms. The third-order valence-corrected chi connectivity index (χ3v) is 6.80. The molecule has 3 rings (SSSR count). The van der Waals surface area contributed by atoms with Crippen molar-refractivity contribution < 1.29 is 0 Å². The molecule has 1 fully saturated rings. The van der Waals surface area contributed by atoms with Gasteiger partial charge in [0.05, 0.1) is 0 Å². The smallest absolute Gasteiger partial charge is 0.00520 e. The molecule has 1 atom stereocenters. The van der Waals surface area contributed by atoms with Crippen molar-refractivity contribution in [3.63, 3.8) is 0 Å². The molecule has 0 bridgehead atoms. The highest BCUT2D eigenvalue weighted by molar-refractivity contribution is 5.75. The second-order valence-electron chi connectivity index (χ2n) is 8.48. The summed E-state index contributed by atoms with van der Waals surface area (Å²) >= 11 is 0. The van der Waals surface area contributed by atoms with Crippen LogP contribution in [0.15, 0.2) is 61.2 Å². The van der Waals surface area contributed by atoms with Crippen molar-refractivity contribution in [3.05, 3.63) is 66.8 Å². The Labute approximate surface area is 161 Å². The number of benzene rings is 1. The van der Waals surface area contributed by atoms with Crippen LogP contribution in [-0.4, -0.2) is 0 Å². The van der Waals surface area contributed by atoms with Gasteiger partial charge in [-0.1, -0.05) is 87.2 Å². The first-order chi connectivity index (χ1) is 12.8. The first-order valence-corrected chi connectivity index (χ1v) is 10.8. The molecular weight excluding hydrogens is 312 g/mol. The SMILES string of the molecule is C=CCCC[C@H]1CC[C@H](C2(CCC)C=CC(c3ccccc3)=CC2)CC1. The topological polar surface area (TPSA) is 0 Å². The third-order valence-electron chi connectivity index (χ3n) is 6.80. The summed E-state index contributed by atoms with van der Waals surface area (Å²) in [5.41, 5.74) is 3.19. The maximum atomic E-state index is 3.86. The zero-order chi connectivity index (χ0) is 18.2. The van der Waals surface area contributed by atoms with E-state index in [-0.39, 0.29) is 0 Å². The van der Waals surface area contributed by atoms with Gasteiger partial charge in [-0.15, -0.1) is 6.58 Å². The Hall–Kier alpha value is -1.56. The monoisotopic (exact) mass is 348 g/mol. The third kappa shape index (κ3) is 4.58. The molecule has 1 aromatic carbocycles. The van der Waals surface area contributed by atoms with Gasteiger partial charge in [-0.3, -0.25) is 0 Å². The Kier molecular flexibility index (Phi) is 6.94. The van der Waals surface area contributed by atoms with Crippen LogP contribution in [-0.2, 0) is 0 Å². The lowest BCUT2D eigenvalue weighted by Gasteiger charge is -2.43. The molecule has 0 heteroatoms. The number of unbranched alkanes of at least 4 members (excludes halogenated alkanes) is 1. The van der Waals surface area contributed by atoms with Crippen LogP contribution in [0.25, 0.3) is 5.57 Å². The molecule has 0 amide bonds. The van der Waals surface area contributed by atoms with Crippen molar-refractivity contribution in [1.29, 1.82) is 0 Å². The minimum Gasteiger partial charge on any atom is -0.103 e. The van der Waals surface area contributed by atoms with Crippen LogP contribution < -0.4 is 0 Å². The van der Waals surface area contributed by atoms with Crippen LogP contribution >= 0.6 is 0 Å². The lowest BCUT2D eigenvalue weighted by Crippen LogP contribution is -2.32. The van der Waals surface area contributed by atoms with Crippen LogP contribution in [0.1, 0.15) is 76.7 Å². The molecule has 1 unspecified atom stereocenters. The van der Waals surface area contributed by atoms with Crippen molar-refractivity contribution in [2.45, 2.75) is 71.1 Å². The van der Waals surface area contributed by atoms with E-state index < -0.39 is 0 Å². The fraction of sp³-hybridized carbons (Fsp3) is 0.538. The van der Waals surface area contributed by atoms with E-state index in [2.05, 4.69) is 68.1 Å². The molecule has 2 aliphatic rings. The van der Waals surface area contributed by atoms with Crippen molar-refractivity contribution in [1.82, 2.24) is 0 Å². The van der Waals surface area contributed by atoms with Gasteiger partial charge in [0.15, 0.2) is 0 Å². The van der Waals surface area contributed by atoms with E-state index in [0.717, 1.165) is 11.8 Å². The quantitative estimate of drug-likeness (QED) is 0.330. The molecule has 0 radical (unpaired) electrons. The Bertz CT molecular complexity index is 613. The van der Waals surface area contributed by atoms with Crippen molar-refractivity contribution >= 4 is 5.57 Å². The fourth-order valence-corrected chi connectivity index (χ4v) is 5.27. The molecular formula is C26H36. The molecule has 0 heterocycles. The Morgan fingerprint density at radius 3 is 2.50 bits per heavy atom. The summed E-state index contributed by atoms with van der Waals surface area (Å²) < 4.78 is 0. The summed E-state index contributed by atoms with van der Waals surface area (Å²) in [6.45, 7) is 6.22. The van der Waals surface area contributed by atoms with E-state index in [9.17, 15) is 0 Å². The zero-order valence-corrected chi connectivity index (χ0v) is 16.6. The molecule has 1 saturated carbocycles. The van der Waals surface area contributed by atoms with E-state index in [1.807, 2.05) is 0 Å². The van der Waals surface area contributed by atoms with Gasteiger partial charge in [-0.25, -0.2) is 0 Å². The molecule has 2 aliphatic carbocycles. The normalized spacial score (nSPS) is 28.6. The fourth-order valence-electron chi connectivity index (χ4n) is 5.27. The molecule has 0 aliphatic heterocycles. The summed E-state index contributed by atoms with van der Waals surface area (Å²) in [6, 6.07) is 10.9. The molecule has 0 N–H and O–H groups in total. The van der Waals surface area contributed by atoms with Crippen LogP contribution in [0.2, 0.25) is 0 Å². The maximum absolute atomic E-state index is 3.86. The zero-order valence-electron chi connectivity index (χ0n) is 16.6. The van der Waals surface area contributed by atoms with Crippen LogP contribution in [0.4, 0.5) is 0 Å². The number of hydrogen-bond donors (Lipinski definition) is 0. The summed E-state index contributed by atoms with van der Waals surface area (Å²) in [6.07, 6.45) is 23.1. The molecule has 0 nitrogen and oxygen atoms in total. The summed E-state index contributed by atoms with van der Waals surface area (Å²) in [4.78, 5) is 0. The Morgan fingerprint density at radius 1 is 1.12 bits per heavy atom. The molecule has 1 aromatic rings. The number of rotatable bonds is 8. The predicted molar refractivity (Wildman–Crippen MR) is 115 cm³/mol. The van der Waals surface area contributed by atoms with Crippen LogP contribution in [0.3, 0.4) is 0 Å². The molecule has 26 heavy (non-hydrogen) atoms. The average molecular weight is 349 g/mol. The van der Waals surface area contributed by atoms with E-state index in [1.54, 1.807) is 0 Å². The molecule has 140 valence electrons. The molecule has 0 aromatic heterocycles.